The van der Waals surface area contributed by atoms with E-state index in [1.54, 1.807) is 12.4 Å². The SMILES string of the molecule is CCCCCNc1cncc(C(=O)NCc2cccc(C)c2)c1. The van der Waals surface area contributed by atoms with Crippen molar-refractivity contribution in [2.24, 2.45) is 0 Å². The zero-order chi connectivity index (χ0) is 16.5. The van der Waals surface area contributed by atoms with E-state index in [-0.39, 0.29) is 5.91 Å². The second-order valence-electron chi connectivity index (χ2n) is 5.77. The zero-order valence-electron chi connectivity index (χ0n) is 13.9. The Morgan fingerprint density at radius 3 is 2.83 bits per heavy atom. The molecule has 1 aromatic carbocycles. The molecule has 1 aromatic heterocycles. The molecule has 0 radical (unpaired) electrons. The molecular weight excluding hydrogens is 286 g/mol. The van der Waals surface area contributed by atoms with Gasteiger partial charge < -0.3 is 10.6 Å². The summed E-state index contributed by atoms with van der Waals surface area (Å²) in [6.45, 7) is 5.65. The lowest BCUT2D eigenvalue weighted by Gasteiger charge is -2.09. The van der Waals surface area contributed by atoms with Crippen LogP contribution in [0.3, 0.4) is 0 Å². The Hall–Kier alpha value is -2.36. The molecule has 0 saturated heterocycles. The van der Waals surface area contributed by atoms with Crippen LogP contribution in [0.15, 0.2) is 42.7 Å². The molecule has 0 aliphatic carbocycles. The quantitative estimate of drug-likeness (QED) is 0.726. The summed E-state index contributed by atoms with van der Waals surface area (Å²) in [4.78, 5) is 16.4. The monoisotopic (exact) mass is 311 g/mol. The van der Waals surface area contributed by atoms with Crippen LogP contribution in [0.5, 0.6) is 0 Å². The Bertz CT molecular complexity index is 640. The van der Waals surface area contributed by atoms with Crippen molar-refractivity contribution in [1.29, 1.82) is 0 Å². The van der Waals surface area contributed by atoms with E-state index in [0.717, 1.165) is 24.2 Å². The maximum Gasteiger partial charge on any atom is 0.253 e. The van der Waals surface area contributed by atoms with Gasteiger partial charge in [0.25, 0.3) is 5.91 Å². The summed E-state index contributed by atoms with van der Waals surface area (Å²) in [6, 6.07) is 9.98. The number of nitrogens with one attached hydrogen (secondary N) is 2. The van der Waals surface area contributed by atoms with E-state index in [4.69, 9.17) is 0 Å². The summed E-state index contributed by atoms with van der Waals surface area (Å²) in [7, 11) is 0. The molecule has 0 aliphatic heterocycles. The highest BCUT2D eigenvalue weighted by atomic mass is 16.1. The van der Waals surface area contributed by atoms with Crippen molar-refractivity contribution in [1.82, 2.24) is 10.3 Å². The van der Waals surface area contributed by atoms with Crippen molar-refractivity contribution >= 4 is 11.6 Å². The number of carbonyl (C=O) groups is 1. The predicted octanol–water partition coefficient (Wildman–Crippen LogP) is 3.92. The van der Waals surface area contributed by atoms with Gasteiger partial charge in [0.2, 0.25) is 0 Å². The Kier molecular flexibility index (Phi) is 6.60. The number of hydrogen-bond donors (Lipinski definition) is 2. The van der Waals surface area contributed by atoms with Gasteiger partial charge in [0.05, 0.1) is 11.3 Å². The molecule has 2 aromatic rings. The molecule has 4 heteroatoms. The highest BCUT2D eigenvalue weighted by Crippen LogP contribution is 2.10. The minimum absolute atomic E-state index is 0.101. The molecule has 0 fully saturated rings. The van der Waals surface area contributed by atoms with Crippen molar-refractivity contribution in [3.63, 3.8) is 0 Å². The lowest BCUT2D eigenvalue weighted by Crippen LogP contribution is -2.23. The Morgan fingerprint density at radius 2 is 2.04 bits per heavy atom. The van der Waals surface area contributed by atoms with Gasteiger partial charge in [-0.25, -0.2) is 0 Å². The summed E-state index contributed by atoms with van der Waals surface area (Å²) in [6.07, 6.45) is 6.88. The minimum Gasteiger partial charge on any atom is -0.384 e. The minimum atomic E-state index is -0.101. The van der Waals surface area contributed by atoms with Gasteiger partial charge in [0.15, 0.2) is 0 Å². The molecule has 1 amide bonds. The fourth-order valence-electron chi connectivity index (χ4n) is 2.38. The smallest absolute Gasteiger partial charge is 0.253 e. The second kappa shape index (κ2) is 8.93. The van der Waals surface area contributed by atoms with Crippen LogP contribution in [0.1, 0.15) is 47.7 Å². The number of hydrogen-bond acceptors (Lipinski definition) is 3. The molecular formula is C19H25N3O. The standard InChI is InChI=1S/C19H25N3O/c1-3-4-5-9-21-18-11-17(13-20-14-18)19(23)22-12-16-8-6-7-15(2)10-16/h6-8,10-11,13-14,21H,3-5,9,12H2,1-2H3,(H,22,23). The molecule has 23 heavy (non-hydrogen) atoms. The summed E-state index contributed by atoms with van der Waals surface area (Å²) in [5.74, 6) is -0.101. The third kappa shape index (κ3) is 5.74. The molecule has 0 aliphatic rings. The largest absolute Gasteiger partial charge is 0.384 e. The predicted molar refractivity (Wildman–Crippen MR) is 94.6 cm³/mol. The van der Waals surface area contributed by atoms with Crippen LogP contribution in [0, 0.1) is 6.92 Å². The summed E-state index contributed by atoms with van der Waals surface area (Å²) in [5, 5.41) is 6.25. The first-order valence-corrected chi connectivity index (χ1v) is 8.21. The van der Waals surface area contributed by atoms with Crippen LogP contribution in [-0.2, 0) is 6.54 Å². The number of amides is 1. The third-order valence-electron chi connectivity index (χ3n) is 3.65. The first kappa shape index (κ1) is 17.0. The number of unbranched alkanes of at least 4 members (excludes halogenated alkanes) is 2. The number of aromatic nitrogens is 1. The lowest BCUT2D eigenvalue weighted by molar-refractivity contribution is 0.0950. The van der Waals surface area contributed by atoms with Crippen LogP contribution in [0.2, 0.25) is 0 Å². The van der Waals surface area contributed by atoms with Gasteiger partial charge in [0, 0.05) is 25.5 Å². The Balaban J connectivity index is 1.89. The first-order valence-electron chi connectivity index (χ1n) is 8.21. The normalized spacial score (nSPS) is 10.3. The van der Waals surface area contributed by atoms with Gasteiger partial charge in [0.1, 0.15) is 0 Å². The van der Waals surface area contributed by atoms with Crippen LogP contribution < -0.4 is 10.6 Å². The highest BCUT2D eigenvalue weighted by Gasteiger charge is 2.07. The number of aryl methyl sites for hydroxylation is 1. The first-order chi connectivity index (χ1) is 11.2. The Morgan fingerprint density at radius 1 is 1.17 bits per heavy atom. The molecule has 0 atom stereocenters. The van der Waals surface area contributed by atoms with Crippen molar-refractivity contribution in [3.05, 3.63) is 59.4 Å². The maximum absolute atomic E-state index is 12.3. The van der Waals surface area contributed by atoms with Gasteiger partial charge >= 0.3 is 0 Å². The van der Waals surface area contributed by atoms with Gasteiger partial charge in [-0.1, -0.05) is 49.6 Å². The van der Waals surface area contributed by atoms with Crippen LogP contribution >= 0.6 is 0 Å². The second-order valence-corrected chi connectivity index (χ2v) is 5.77. The fourth-order valence-corrected chi connectivity index (χ4v) is 2.38. The number of carbonyl (C=O) groups excluding carboxylic acids is 1. The lowest BCUT2D eigenvalue weighted by atomic mass is 10.1. The molecule has 0 spiro atoms. The average molecular weight is 311 g/mol. The van der Waals surface area contributed by atoms with Crippen LogP contribution in [0.4, 0.5) is 5.69 Å². The van der Waals surface area contributed by atoms with Crippen LogP contribution in [-0.4, -0.2) is 17.4 Å². The molecule has 2 N–H and O–H groups in total. The van der Waals surface area contributed by atoms with Crippen molar-refractivity contribution in [3.8, 4) is 0 Å². The van der Waals surface area contributed by atoms with E-state index < -0.39 is 0 Å². The van der Waals surface area contributed by atoms with Gasteiger partial charge in [-0.2, -0.15) is 0 Å². The van der Waals surface area contributed by atoms with Crippen LogP contribution in [0.25, 0.3) is 0 Å². The topological polar surface area (TPSA) is 54.0 Å². The molecule has 4 nitrogen and oxygen atoms in total. The molecule has 122 valence electrons. The number of rotatable bonds is 8. The van der Waals surface area contributed by atoms with E-state index in [1.165, 1.54) is 18.4 Å². The molecule has 0 saturated carbocycles. The molecule has 2 rings (SSSR count). The maximum atomic E-state index is 12.3. The fraction of sp³-hybridized carbons (Fsp3) is 0.368. The van der Waals surface area contributed by atoms with E-state index in [1.807, 2.05) is 31.2 Å². The van der Waals surface area contributed by atoms with Crippen molar-refractivity contribution in [2.45, 2.75) is 39.7 Å². The average Bonchev–Trinajstić information content (AvgIpc) is 2.57. The molecule has 0 bridgehead atoms. The van der Waals surface area contributed by atoms with E-state index in [0.29, 0.717) is 12.1 Å². The van der Waals surface area contributed by atoms with Crippen molar-refractivity contribution < 1.29 is 4.79 Å². The van der Waals surface area contributed by atoms with Crippen molar-refractivity contribution in [2.75, 3.05) is 11.9 Å². The summed E-state index contributed by atoms with van der Waals surface area (Å²) in [5.41, 5.74) is 3.76. The molecule has 1 heterocycles. The van der Waals surface area contributed by atoms with Gasteiger partial charge in [-0.3, -0.25) is 9.78 Å². The number of anilines is 1. The highest BCUT2D eigenvalue weighted by molar-refractivity contribution is 5.94. The third-order valence-corrected chi connectivity index (χ3v) is 3.65. The number of benzene rings is 1. The van der Waals surface area contributed by atoms with E-state index in [9.17, 15) is 4.79 Å². The van der Waals surface area contributed by atoms with E-state index in [2.05, 4.69) is 28.6 Å². The van der Waals surface area contributed by atoms with Gasteiger partial charge in [-0.05, 0) is 25.0 Å². The zero-order valence-corrected chi connectivity index (χ0v) is 13.9. The Labute approximate surface area is 138 Å². The summed E-state index contributed by atoms with van der Waals surface area (Å²) >= 11 is 0. The summed E-state index contributed by atoms with van der Waals surface area (Å²) < 4.78 is 0. The van der Waals surface area contributed by atoms with Gasteiger partial charge in [-0.15, -0.1) is 0 Å². The number of pyridine rings is 1. The molecule has 0 unspecified atom stereocenters. The number of nitrogens with zero attached hydrogens (tertiary/aromatic N) is 1. The van der Waals surface area contributed by atoms with E-state index >= 15 is 0 Å².